The lowest BCUT2D eigenvalue weighted by atomic mass is 10.0. The van der Waals surface area contributed by atoms with E-state index in [0.29, 0.717) is 22.5 Å². The normalized spacial score (nSPS) is 13.9. The number of benzene rings is 6. The standard InChI is InChI=1S/C39H23N3OS/c1-2-9-24(10-3-1)25-11-8-12-26(21-25)37-40-38(27-18-20-36-32(22-27)31-14-5-7-16-35(31)44-36)42-39(41-37)28-17-19-30-29-13-4-6-15-33(29)43-34(30)23-28/h1-23H/i5D,7D,14D,16D,18D,20D,22D. The lowest BCUT2D eigenvalue weighted by molar-refractivity contribution is 0.669. The zero-order chi connectivity index (χ0) is 35.1. The number of nitrogens with zero attached hydrogens (tertiary/aromatic N) is 3. The van der Waals surface area contributed by atoms with Gasteiger partial charge in [0.1, 0.15) is 11.2 Å². The van der Waals surface area contributed by atoms with Crippen molar-refractivity contribution in [2.45, 2.75) is 0 Å². The van der Waals surface area contributed by atoms with E-state index < -0.39 is 12.1 Å². The molecule has 4 nitrogen and oxygen atoms in total. The third-order valence-corrected chi connectivity index (χ3v) is 8.63. The van der Waals surface area contributed by atoms with Gasteiger partial charge in [0.2, 0.25) is 0 Å². The van der Waals surface area contributed by atoms with Gasteiger partial charge in [0, 0.05) is 47.6 Å². The third kappa shape index (κ3) is 4.17. The van der Waals surface area contributed by atoms with Crippen LogP contribution in [-0.2, 0) is 0 Å². The Morgan fingerprint density at radius 2 is 1.16 bits per heavy atom. The van der Waals surface area contributed by atoms with E-state index in [1.165, 1.54) is 0 Å². The van der Waals surface area contributed by atoms with Crippen molar-refractivity contribution in [3.63, 3.8) is 0 Å². The van der Waals surface area contributed by atoms with Gasteiger partial charge in [0.25, 0.3) is 0 Å². The molecule has 0 aliphatic carbocycles. The Morgan fingerprint density at radius 1 is 0.477 bits per heavy atom. The fraction of sp³-hybridized carbons (Fsp3) is 0. The molecule has 0 unspecified atom stereocenters. The zero-order valence-corrected chi connectivity index (χ0v) is 23.7. The summed E-state index contributed by atoms with van der Waals surface area (Å²) in [7, 11) is 0. The molecule has 0 fully saturated rings. The van der Waals surface area contributed by atoms with Crippen molar-refractivity contribution in [2.24, 2.45) is 0 Å². The number of fused-ring (bicyclic) bond motifs is 6. The number of aromatic nitrogens is 3. The zero-order valence-electron chi connectivity index (χ0n) is 29.9. The Bertz CT molecular complexity index is 2910. The van der Waals surface area contributed by atoms with Gasteiger partial charge in [0.05, 0.1) is 9.60 Å². The summed E-state index contributed by atoms with van der Waals surface area (Å²) in [6.07, 6.45) is 0. The molecule has 9 aromatic rings. The first-order valence-corrected chi connectivity index (χ1v) is 14.8. The first kappa shape index (κ1) is 18.8. The van der Waals surface area contributed by atoms with Crippen molar-refractivity contribution < 1.29 is 14.0 Å². The average molecular weight is 589 g/mol. The van der Waals surface area contributed by atoms with Gasteiger partial charge < -0.3 is 4.42 Å². The number of hydrogen-bond acceptors (Lipinski definition) is 5. The summed E-state index contributed by atoms with van der Waals surface area (Å²) in [6, 6.07) is 29.0. The van der Waals surface area contributed by atoms with Gasteiger partial charge in [-0.3, -0.25) is 0 Å². The van der Waals surface area contributed by atoms with E-state index >= 15 is 0 Å². The predicted octanol–water partition coefficient (Wildman–Crippen LogP) is 10.8. The number of furan rings is 1. The van der Waals surface area contributed by atoms with Crippen LogP contribution in [0.1, 0.15) is 9.60 Å². The first-order chi connectivity index (χ1) is 24.7. The van der Waals surface area contributed by atoms with E-state index in [1.54, 1.807) is 0 Å². The molecule has 0 amide bonds. The molecule has 3 aromatic heterocycles. The van der Waals surface area contributed by atoms with E-state index in [-0.39, 0.29) is 67.6 Å². The van der Waals surface area contributed by atoms with Crippen molar-refractivity contribution in [3.05, 3.63) is 139 Å². The second-order valence-corrected chi connectivity index (χ2v) is 11.3. The first-order valence-electron chi connectivity index (χ1n) is 17.5. The minimum absolute atomic E-state index is 0.00426. The topological polar surface area (TPSA) is 51.8 Å². The van der Waals surface area contributed by atoms with Crippen LogP contribution in [0.5, 0.6) is 0 Å². The largest absolute Gasteiger partial charge is 0.456 e. The number of thiophene rings is 1. The Morgan fingerprint density at radius 3 is 2.05 bits per heavy atom. The average Bonchev–Trinajstić information content (AvgIpc) is 3.75. The summed E-state index contributed by atoms with van der Waals surface area (Å²) in [5, 5.41) is 2.21. The number of rotatable bonds is 4. The maximum Gasteiger partial charge on any atom is 0.164 e. The molecule has 3 heterocycles. The molecule has 44 heavy (non-hydrogen) atoms. The van der Waals surface area contributed by atoms with Gasteiger partial charge in [-0.25, -0.2) is 15.0 Å². The maximum atomic E-state index is 9.41. The maximum absolute atomic E-state index is 9.41. The van der Waals surface area contributed by atoms with Crippen molar-refractivity contribution in [2.75, 3.05) is 0 Å². The van der Waals surface area contributed by atoms with Crippen LogP contribution in [0.25, 0.3) is 87.4 Å². The quantitative estimate of drug-likeness (QED) is 0.205. The molecular weight excluding hydrogens is 559 g/mol. The number of para-hydroxylation sites is 1. The lowest BCUT2D eigenvalue weighted by Crippen LogP contribution is -2.00. The van der Waals surface area contributed by atoms with Crippen LogP contribution in [0, 0.1) is 0 Å². The van der Waals surface area contributed by atoms with Gasteiger partial charge in [-0.1, -0.05) is 90.9 Å². The van der Waals surface area contributed by atoms with Gasteiger partial charge in [-0.05, 0) is 59.6 Å². The third-order valence-electron chi connectivity index (χ3n) is 7.61. The smallest absolute Gasteiger partial charge is 0.164 e. The second kappa shape index (κ2) is 9.97. The highest BCUT2D eigenvalue weighted by Crippen LogP contribution is 2.37. The summed E-state index contributed by atoms with van der Waals surface area (Å²) in [5.41, 5.74) is 4.58. The molecule has 0 N–H and O–H groups in total. The highest BCUT2D eigenvalue weighted by atomic mass is 32.1. The minimum atomic E-state index is -0.432. The Hall–Kier alpha value is -5.65. The van der Waals surface area contributed by atoms with Crippen LogP contribution in [0.4, 0.5) is 0 Å². The molecule has 0 radical (unpaired) electrons. The highest BCUT2D eigenvalue weighted by Gasteiger charge is 2.16. The molecular formula is C39H23N3OS. The van der Waals surface area contributed by atoms with Crippen LogP contribution in [0.3, 0.4) is 0 Å². The molecule has 0 aliphatic heterocycles. The molecule has 6 aromatic carbocycles. The lowest BCUT2D eigenvalue weighted by Gasteiger charge is -2.10. The highest BCUT2D eigenvalue weighted by molar-refractivity contribution is 7.25. The van der Waals surface area contributed by atoms with Crippen molar-refractivity contribution in [1.82, 2.24) is 15.0 Å². The molecule has 0 spiro atoms. The van der Waals surface area contributed by atoms with E-state index in [4.69, 9.17) is 27.6 Å². The number of hydrogen-bond donors (Lipinski definition) is 0. The van der Waals surface area contributed by atoms with Crippen molar-refractivity contribution in [3.8, 4) is 45.3 Å². The molecule has 0 atom stereocenters. The van der Waals surface area contributed by atoms with Gasteiger partial charge in [-0.15, -0.1) is 11.3 Å². The minimum Gasteiger partial charge on any atom is -0.456 e. The Balaban J connectivity index is 1.32. The van der Waals surface area contributed by atoms with Crippen LogP contribution >= 0.6 is 11.3 Å². The van der Waals surface area contributed by atoms with Crippen LogP contribution in [0.2, 0.25) is 0 Å². The van der Waals surface area contributed by atoms with Crippen molar-refractivity contribution >= 4 is 53.4 Å². The Labute approximate surface area is 266 Å². The summed E-state index contributed by atoms with van der Waals surface area (Å²) in [5.74, 6) is 0.556. The molecule has 0 bridgehead atoms. The van der Waals surface area contributed by atoms with Crippen LogP contribution in [-0.4, -0.2) is 15.0 Å². The van der Waals surface area contributed by atoms with E-state index in [9.17, 15) is 1.37 Å². The predicted molar refractivity (Wildman–Crippen MR) is 182 cm³/mol. The SMILES string of the molecule is [2H]c1c([2H])c([2H])c2c(sc3c([2H])c([2H])c(-c4nc(-c5cccc(-c6ccccc6)c5)nc(-c5ccc6c(c5)oc5ccccc56)n4)c([2H])c32)c1[2H]. The van der Waals surface area contributed by atoms with E-state index in [1.807, 2.05) is 97.1 Å². The summed E-state index contributed by atoms with van der Waals surface area (Å²) in [4.78, 5) is 14.5. The van der Waals surface area contributed by atoms with E-state index in [2.05, 4.69) is 0 Å². The summed E-state index contributed by atoms with van der Waals surface area (Å²) >= 11 is 0.985. The fourth-order valence-corrected chi connectivity index (χ4v) is 6.41. The second-order valence-electron chi connectivity index (χ2n) is 10.3. The molecule has 0 aliphatic rings. The van der Waals surface area contributed by atoms with Crippen LogP contribution < -0.4 is 0 Å². The van der Waals surface area contributed by atoms with E-state index in [0.717, 1.165) is 38.8 Å². The van der Waals surface area contributed by atoms with Crippen molar-refractivity contribution in [1.29, 1.82) is 0 Å². The molecule has 0 saturated heterocycles. The summed E-state index contributed by atoms with van der Waals surface area (Å²) < 4.78 is 67.8. The Kier molecular flexibility index (Phi) is 4.26. The van der Waals surface area contributed by atoms with Gasteiger partial charge >= 0.3 is 0 Å². The molecule has 206 valence electrons. The molecule has 0 saturated carbocycles. The van der Waals surface area contributed by atoms with Crippen LogP contribution in [0.15, 0.2) is 144 Å². The molecule has 9 rings (SSSR count). The monoisotopic (exact) mass is 588 g/mol. The van der Waals surface area contributed by atoms with Gasteiger partial charge in [-0.2, -0.15) is 0 Å². The summed E-state index contributed by atoms with van der Waals surface area (Å²) in [6.45, 7) is 0. The fourth-order valence-electron chi connectivity index (χ4n) is 5.49. The van der Waals surface area contributed by atoms with Gasteiger partial charge in [0.15, 0.2) is 17.5 Å². The molecule has 5 heteroatoms.